The molecule has 0 saturated heterocycles. The molecule has 1 aromatic carbocycles. The summed E-state index contributed by atoms with van der Waals surface area (Å²) in [5.41, 5.74) is 10.0. The summed E-state index contributed by atoms with van der Waals surface area (Å²) in [5.74, 6) is 0.543. The van der Waals surface area contributed by atoms with Gasteiger partial charge in [0.1, 0.15) is 7.85 Å². The molecule has 2 bridgehead atoms. The highest BCUT2D eigenvalue weighted by atomic mass is 14.2. The van der Waals surface area contributed by atoms with Crippen molar-refractivity contribution in [2.45, 2.75) is 33.6 Å². The zero-order chi connectivity index (χ0) is 15.0. The normalized spacial score (nSPS) is 26.5. The van der Waals surface area contributed by atoms with E-state index in [4.69, 9.17) is 0 Å². The maximum Gasteiger partial charge on any atom is 0.140 e. The molecule has 0 aromatic heterocycles. The Morgan fingerprint density at radius 3 is 2.67 bits per heavy atom. The molecule has 0 fully saturated rings. The monoisotopic (exact) mass is 274 g/mol. The molecule has 106 valence electrons. The highest BCUT2D eigenvalue weighted by Crippen LogP contribution is 2.30. The number of fused-ring (bicyclic) bond motifs is 1. The molecule has 21 heavy (non-hydrogen) atoms. The van der Waals surface area contributed by atoms with Crippen molar-refractivity contribution < 1.29 is 0 Å². The highest BCUT2D eigenvalue weighted by molar-refractivity contribution is 6.34. The molecule has 2 aliphatic carbocycles. The molecule has 3 rings (SSSR count). The summed E-state index contributed by atoms with van der Waals surface area (Å²) in [5, 5.41) is 0. The average molecular weight is 274 g/mol. The first-order valence-corrected chi connectivity index (χ1v) is 7.97. The van der Waals surface area contributed by atoms with E-state index in [0.29, 0.717) is 5.92 Å². The zero-order valence-corrected chi connectivity index (χ0v) is 13.5. The smallest absolute Gasteiger partial charge is 0.0813 e. The van der Waals surface area contributed by atoms with Crippen LogP contribution in [0.4, 0.5) is 0 Å². The Morgan fingerprint density at radius 1 is 1.10 bits per heavy atom. The molecule has 0 N–H and O–H groups in total. The molecule has 0 saturated carbocycles. The third kappa shape index (κ3) is 2.57. The van der Waals surface area contributed by atoms with E-state index in [1.165, 1.54) is 38.9 Å². The van der Waals surface area contributed by atoms with Gasteiger partial charge in [0.05, 0.1) is 0 Å². The minimum absolute atomic E-state index is 0.543. The Labute approximate surface area is 129 Å². The molecule has 0 heterocycles. The van der Waals surface area contributed by atoms with E-state index in [0.717, 1.165) is 12.8 Å². The zero-order valence-electron chi connectivity index (χ0n) is 13.5. The van der Waals surface area contributed by atoms with Gasteiger partial charge in [-0.1, -0.05) is 60.5 Å². The molecule has 0 spiro atoms. The third-order valence-electron chi connectivity index (χ3n) is 4.86. The van der Waals surface area contributed by atoms with Crippen molar-refractivity contribution in [1.82, 2.24) is 0 Å². The number of hydrogen-bond donors (Lipinski definition) is 0. The van der Waals surface area contributed by atoms with Crippen molar-refractivity contribution in [1.29, 1.82) is 0 Å². The molecule has 1 heteroatoms. The van der Waals surface area contributed by atoms with Crippen LogP contribution >= 0.6 is 0 Å². The fourth-order valence-electron chi connectivity index (χ4n) is 3.51. The van der Waals surface area contributed by atoms with Crippen LogP contribution in [-0.2, 0) is 6.42 Å². The predicted molar refractivity (Wildman–Crippen MR) is 96.8 cm³/mol. The van der Waals surface area contributed by atoms with Crippen LogP contribution in [0.3, 0.4) is 0 Å². The molecule has 0 nitrogen and oxygen atoms in total. The fourth-order valence-corrected chi connectivity index (χ4v) is 3.51. The van der Waals surface area contributed by atoms with Crippen molar-refractivity contribution >= 4 is 25.5 Å². The van der Waals surface area contributed by atoms with Crippen molar-refractivity contribution in [3.63, 3.8) is 0 Å². The van der Waals surface area contributed by atoms with Crippen LogP contribution in [0, 0.1) is 12.8 Å². The largest absolute Gasteiger partial charge is 0.140 e. The second kappa shape index (κ2) is 5.56. The van der Waals surface area contributed by atoms with Crippen molar-refractivity contribution in [2.75, 3.05) is 0 Å². The second-order valence-corrected chi connectivity index (χ2v) is 6.35. The number of hydrogen-bond acceptors (Lipinski definition) is 0. The molecular weight excluding hydrogens is 251 g/mol. The Kier molecular flexibility index (Phi) is 3.76. The fraction of sp³-hybridized carbons (Fsp3) is 0.300. The van der Waals surface area contributed by atoms with Crippen LogP contribution < -0.4 is 5.46 Å². The van der Waals surface area contributed by atoms with E-state index in [-0.39, 0.29) is 0 Å². The van der Waals surface area contributed by atoms with Gasteiger partial charge in [0.2, 0.25) is 0 Å². The van der Waals surface area contributed by atoms with E-state index in [9.17, 15) is 0 Å². The van der Waals surface area contributed by atoms with Gasteiger partial charge in [-0.15, -0.1) is 0 Å². The second-order valence-electron chi connectivity index (χ2n) is 6.35. The summed E-state index contributed by atoms with van der Waals surface area (Å²) in [7, 11) is 2.24. The summed E-state index contributed by atoms with van der Waals surface area (Å²) < 4.78 is 0. The summed E-state index contributed by atoms with van der Waals surface area (Å²) >= 11 is 0. The topological polar surface area (TPSA) is 0 Å². The number of aryl methyl sites for hydroxylation is 1. The van der Waals surface area contributed by atoms with Gasteiger partial charge in [0, 0.05) is 0 Å². The molecule has 1 aromatic rings. The number of rotatable bonds is 1. The van der Waals surface area contributed by atoms with Gasteiger partial charge >= 0.3 is 0 Å². The minimum atomic E-state index is 0.543. The minimum Gasteiger partial charge on any atom is -0.0813 e. The van der Waals surface area contributed by atoms with Gasteiger partial charge < -0.3 is 0 Å². The van der Waals surface area contributed by atoms with Crippen molar-refractivity contribution in [3.8, 4) is 0 Å². The maximum absolute atomic E-state index is 2.39. The lowest BCUT2D eigenvalue weighted by atomic mass is 9.78. The van der Waals surface area contributed by atoms with Gasteiger partial charge in [0.25, 0.3) is 0 Å². The number of allylic oxidation sites excluding steroid dienone is 6. The molecule has 1 atom stereocenters. The first-order chi connectivity index (χ1) is 10.1. The van der Waals surface area contributed by atoms with Crippen LogP contribution in [0.25, 0.3) is 12.2 Å². The van der Waals surface area contributed by atoms with Crippen molar-refractivity contribution in [2.24, 2.45) is 5.92 Å². The van der Waals surface area contributed by atoms with Gasteiger partial charge in [-0.25, -0.2) is 0 Å². The summed E-state index contributed by atoms with van der Waals surface area (Å²) in [4.78, 5) is 0. The molecular formula is C20H23B. The lowest BCUT2D eigenvalue weighted by molar-refractivity contribution is 0.729. The van der Waals surface area contributed by atoms with Crippen molar-refractivity contribution in [3.05, 3.63) is 63.8 Å². The molecule has 0 radical (unpaired) electrons. The quantitative estimate of drug-likeness (QED) is 0.684. The lowest BCUT2D eigenvalue weighted by Crippen LogP contribution is -2.16. The predicted octanol–water partition coefficient (Wildman–Crippen LogP) is 3.75. The molecule has 2 aliphatic rings. The van der Waals surface area contributed by atoms with Crippen LogP contribution in [0.1, 0.15) is 42.5 Å². The average Bonchev–Trinajstić information content (AvgIpc) is 2.47. The Hall–Kier alpha value is -1.76. The van der Waals surface area contributed by atoms with Crippen LogP contribution in [0.5, 0.6) is 0 Å². The summed E-state index contributed by atoms with van der Waals surface area (Å²) in [6.45, 7) is 6.74. The highest BCUT2D eigenvalue weighted by Gasteiger charge is 2.16. The Bertz CT molecular complexity index is 699. The molecule has 0 aliphatic heterocycles. The van der Waals surface area contributed by atoms with E-state index >= 15 is 0 Å². The first-order valence-electron chi connectivity index (χ1n) is 7.97. The SMILES string of the molecule is Bc1cc(C)c2c3c1/C=C\C(CC)/C(C)=C\C=C(\C=C2)C3. The number of benzene rings is 1. The third-order valence-corrected chi connectivity index (χ3v) is 4.86. The Balaban J connectivity index is 2.25. The van der Waals surface area contributed by atoms with Crippen LogP contribution in [0.2, 0.25) is 0 Å². The molecule has 1 unspecified atom stereocenters. The summed E-state index contributed by atoms with van der Waals surface area (Å²) in [6, 6.07) is 2.33. The van der Waals surface area contributed by atoms with Crippen LogP contribution in [0.15, 0.2) is 41.5 Å². The molecule has 0 amide bonds. The van der Waals surface area contributed by atoms with E-state index in [1.54, 1.807) is 0 Å². The van der Waals surface area contributed by atoms with E-state index in [1.807, 2.05) is 0 Å². The first kappa shape index (κ1) is 14.2. The maximum atomic E-state index is 2.39. The summed E-state index contributed by atoms with van der Waals surface area (Å²) in [6.07, 6.45) is 16.1. The van der Waals surface area contributed by atoms with Gasteiger partial charge in [-0.05, 0) is 60.4 Å². The van der Waals surface area contributed by atoms with Crippen LogP contribution in [-0.4, -0.2) is 7.85 Å². The standard InChI is InChI=1S/C20H23B/c1-4-16-8-10-18-19-12-15(6-5-13(16)2)7-9-17(19)14(3)11-20(18)21/h5-11,16H,4,12,21H2,1-3H3/b10-8-,13-5-,15-6-. The van der Waals surface area contributed by atoms with E-state index in [2.05, 4.69) is 71.1 Å². The Morgan fingerprint density at radius 2 is 1.90 bits per heavy atom. The van der Waals surface area contributed by atoms with Gasteiger partial charge in [-0.2, -0.15) is 0 Å². The van der Waals surface area contributed by atoms with E-state index < -0.39 is 0 Å². The lowest BCUT2D eigenvalue weighted by Gasteiger charge is -2.22. The van der Waals surface area contributed by atoms with Gasteiger partial charge in [-0.3, -0.25) is 0 Å². The van der Waals surface area contributed by atoms with Gasteiger partial charge in [0.15, 0.2) is 0 Å².